The molecule has 3 aromatic rings. The third-order valence-electron chi connectivity index (χ3n) is 3.66. The van der Waals surface area contributed by atoms with Crippen molar-refractivity contribution in [3.05, 3.63) is 68.6 Å². The molecule has 0 aliphatic carbocycles. The SMILES string of the molecule is Cc1c(C(=O)N(C)Cc2ccsc2)cnn1-c1ccc(Br)cc1. The second kappa shape index (κ2) is 6.68. The normalized spacial score (nSPS) is 10.7. The fraction of sp³-hybridized carbons (Fsp3) is 0.176. The lowest BCUT2D eigenvalue weighted by molar-refractivity contribution is 0.0784. The zero-order chi connectivity index (χ0) is 16.4. The van der Waals surface area contributed by atoms with Crippen molar-refractivity contribution < 1.29 is 4.79 Å². The maximum Gasteiger partial charge on any atom is 0.257 e. The Morgan fingerprint density at radius 2 is 2.04 bits per heavy atom. The number of hydrogen-bond donors (Lipinski definition) is 0. The van der Waals surface area contributed by atoms with Crippen molar-refractivity contribution in [2.45, 2.75) is 13.5 Å². The Bertz CT molecular complexity index is 809. The summed E-state index contributed by atoms with van der Waals surface area (Å²) in [6, 6.07) is 9.88. The Balaban J connectivity index is 1.83. The first-order chi connectivity index (χ1) is 11.1. The molecular weight excluding hydrogens is 374 g/mol. The van der Waals surface area contributed by atoms with Crippen molar-refractivity contribution in [3.63, 3.8) is 0 Å². The lowest BCUT2D eigenvalue weighted by Gasteiger charge is -2.16. The number of nitrogens with zero attached hydrogens (tertiary/aromatic N) is 3. The van der Waals surface area contributed by atoms with Crippen LogP contribution >= 0.6 is 27.3 Å². The van der Waals surface area contributed by atoms with E-state index in [9.17, 15) is 4.79 Å². The Morgan fingerprint density at radius 3 is 2.70 bits per heavy atom. The summed E-state index contributed by atoms with van der Waals surface area (Å²) in [6.07, 6.45) is 1.64. The van der Waals surface area contributed by atoms with Gasteiger partial charge in [0.05, 0.1) is 23.1 Å². The first kappa shape index (κ1) is 16.0. The van der Waals surface area contributed by atoms with Gasteiger partial charge in [-0.2, -0.15) is 16.4 Å². The van der Waals surface area contributed by atoms with Crippen molar-refractivity contribution in [1.82, 2.24) is 14.7 Å². The number of rotatable bonds is 4. The van der Waals surface area contributed by atoms with E-state index >= 15 is 0 Å². The second-order valence-corrected chi connectivity index (χ2v) is 7.02. The average Bonchev–Trinajstić information content (AvgIpc) is 3.17. The van der Waals surface area contributed by atoms with E-state index in [2.05, 4.69) is 26.4 Å². The van der Waals surface area contributed by atoms with Crippen molar-refractivity contribution in [1.29, 1.82) is 0 Å². The summed E-state index contributed by atoms with van der Waals surface area (Å²) in [5, 5.41) is 8.45. The van der Waals surface area contributed by atoms with Crippen LogP contribution in [-0.2, 0) is 6.54 Å². The Hall–Kier alpha value is -1.92. The van der Waals surface area contributed by atoms with E-state index in [1.807, 2.05) is 49.7 Å². The molecule has 0 saturated heterocycles. The van der Waals surface area contributed by atoms with E-state index in [1.54, 1.807) is 27.1 Å². The highest BCUT2D eigenvalue weighted by Gasteiger charge is 2.19. The zero-order valence-corrected chi connectivity index (χ0v) is 15.3. The van der Waals surface area contributed by atoms with Gasteiger partial charge in [-0.3, -0.25) is 4.79 Å². The maximum absolute atomic E-state index is 12.7. The number of amides is 1. The molecule has 0 unspecified atom stereocenters. The summed E-state index contributed by atoms with van der Waals surface area (Å²) < 4.78 is 2.80. The van der Waals surface area contributed by atoms with Crippen LogP contribution in [-0.4, -0.2) is 27.6 Å². The number of aromatic nitrogens is 2. The highest BCUT2D eigenvalue weighted by atomic mass is 79.9. The third kappa shape index (κ3) is 3.38. The topological polar surface area (TPSA) is 38.1 Å². The first-order valence-electron chi connectivity index (χ1n) is 7.13. The van der Waals surface area contributed by atoms with Gasteiger partial charge >= 0.3 is 0 Å². The summed E-state index contributed by atoms with van der Waals surface area (Å²) in [4.78, 5) is 14.4. The van der Waals surface area contributed by atoms with Gasteiger partial charge in [0, 0.05) is 18.1 Å². The molecule has 0 N–H and O–H groups in total. The number of halogens is 1. The van der Waals surface area contributed by atoms with Gasteiger partial charge in [0.25, 0.3) is 5.91 Å². The molecule has 1 amide bonds. The molecule has 1 aromatic carbocycles. The second-order valence-electron chi connectivity index (χ2n) is 5.32. The Labute approximate surface area is 147 Å². The molecular formula is C17H16BrN3OS. The average molecular weight is 390 g/mol. The maximum atomic E-state index is 12.7. The Morgan fingerprint density at radius 1 is 1.30 bits per heavy atom. The first-order valence-corrected chi connectivity index (χ1v) is 8.87. The van der Waals surface area contributed by atoms with Crippen LogP contribution in [0.5, 0.6) is 0 Å². The van der Waals surface area contributed by atoms with Crippen LogP contribution in [0.1, 0.15) is 21.6 Å². The molecule has 4 nitrogen and oxygen atoms in total. The highest BCUT2D eigenvalue weighted by Crippen LogP contribution is 2.19. The third-order valence-corrected chi connectivity index (χ3v) is 4.92. The summed E-state index contributed by atoms with van der Waals surface area (Å²) in [5.74, 6) is -0.0166. The minimum absolute atomic E-state index is 0.0166. The van der Waals surface area contributed by atoms with Gasteiger partial charge in [0.2, 0.25) is 0 Å². The molecule has 0 saturated carbocycles. The monoisotopic (exact) mass is 389 g/mol. The number of benzene rings is 1. The lowest BCUT2D eigenvalue weighted by Crippen LogP contribution is -2.26. The lowest BCUT2D eigenvalue weighted by atomic mass is 10.2. The van der Waals surface area contributed by atoms with Gasteiger partial charge in [-0.25, -0.2) is 4.68 Å². The molecule has 0 spiro atoms. The van der Waals surface area contributed by atoms with Gasteiger partial charge in [-0.15, -0.1) is 0 Å². The largest absolute Gasteiger partial charge is 0.337 e. The molecule has 0 atom stereocenters. The van der Waals surface area contributed by atoms with Gasteiger partial charge in [-0.05, 0) is 53.6 Å². The fourth-order valence-electron chi connectivity index (χ4n) is 2.40. The van der Waals surface area contributed by atoms with Crippen molar-refractivity contribution in [2.75, 3.05) is 7.05 Å². The summed E-state index contributed by atoms with van der Waals surface area (Å²) in [6.45, 7) is 2.52. The number of hydrogen-bond acceptors (Lipinski definition) is 3. The highest BCUT2D eigenvalue weighted by molar-refractivity contribution is 9.10. The molecule has 0 aliphatic heterocycles. The molecule has 2 aromatic heterocycles. The molecule has 0 bridgehead atoms. The van der Waals surface area contributed by atoms with E-state index in [-0.39, 0.29) is 5.91 Å². The summed E-state index contributed by atoms with van der Waals surface area (Å²) in [7, 11) is 1.82. The van der Waals surface area contributed by atoms with Crippen LogP contribution in [0, 0.1) is 6.92 Å². The van der Waals surface area contributed by atoms with Gasteiger partial charge < -0.3 is 4.90 Å². The molecule has 0 fully saturated rings. The number of carbonyl (C=O) groups is 1. The van der Waals surface area contributed by atoms with Crippen LogP contribution in [0.25, 0.3) is 5.69 Å². The van der Waals surface area contributed by atoms with E-state index in [0.717, 1.165) is 21.4 Å². The summed E-state index contributed by atoms with van der Waals surface area (Å²) in [5.41, 5.74) is 3.55. The molecule has 118 valence electrons. The van der Waals surface area contributed by atoms with E-state index in [4.69, 9.17) is 0 Å². The predicted octanol–water partition coefficient (Wildman–Crippen LogP) is 4.28. The molecule has 6 heteroatoms. The molecule has 0 radical (unpaired) electrons. The standard InChI is InChI=1S/C17H16BrN3OS/c1-12-16(17(22)20(2)10-13-7-8-23-11-13)9-19-21(12)15-5-3-14(18)4-6-15/h3-9,11H,10H2,1-2H3. The van der Waals surface area contributed by atoms with Crippen LogP contribution in [0.15, 0.2) is 51.8 Å². The smallest absolute Gasteiger partial charge is 0.257 e. The Kier molecular flexibility index (Phi) is 4.63. The van der Waals surface area contributed by atoms with Crippen molar-refractivity contribution >= 4 is 33.2 Å². The molecule has 2 heterocycles. The predicted molar refractivity (Wildman–Crippen MR) is 96.1 cm³/mol. The van der Waals surface area contributed by atoms with E-state index in [1.165, 1.54) is 0 Å². The fourth-order valence-corrected chi connectivity index (χ4v) is 3.32. The minimum Gasteiger partial charge on any atom is -0.337 e. The molecule has 23 heavy (non-hydrogen) atoms. The summed E-state index contributed by atoms with van der Waals surface area (Å²) >= 11 is 5.06. The van der Waals surface area contributed by atoms with Gasteiger partial charge in [-0.1, -0.05) is 15.9 Å². The van der Waals surface area contributed by atoms with Crippen LogP contribution in [0.2, 0.25) is 0 Å². The quantitative estimate of drug-likeness (QED) is 0.667. The molecule has 0 aliphatic rings. The van der Waals surface area contributed by atoms with Crippen LogP contribution in [0.3, 0.4) is 0 Å². The number of carbonyl (C=O) groups excluding carboxylic acids is 1. The number of thiophene rings is 1. The van der Waals surface area contributed by atoms with Crippen LogP contribution in [0.4, 0.5) is 0 Å². The van der Waals surface area contributed by atoms with Crippen molar-refractivity contribution in [3.8, 4) is 5.69 Å². The minimum atomic E-state index is -0.0166. The van der Waals surface area contributed by atoms with Gasteiger partial charge in [0.1, 0.15) is 0 Å². The van der Waals surface area contributed by atoms with E-state index in [0.29, 0.717) is 12.1 Å². The molecule has 3 rings (SSSR count). The van der Waals surface area contributed by atoms with Crippen molar-refractivity contribution in [2.24, 2.45) is 0 Å². The van der Waals surface area contributed by atoms with E-state index < -0.39 is 0 Å². The van der Waals surface area contributed by atoms with Gasteiger partial charge in [0.15, 0.2) is 0 Å². The zero-order valence-electron chi connectivity index (χ0n) is 12.9. The van der Waals surface area contributed by atoms with Crippen LogP contribution < -0.4 is 0 Å².